The van der Waals surface area contributed by atoms with Crippen LogP contribution in [-0.2, 0) is 4.74 Å². The minimum atomic E-state index is -0.666. The molecule has 0 atom stereocenters. The first-order valence-electron chi connectivity index (χ1n) is 5.56. The number of rotatable bonds is 3. The molecule has 1 aromatic heterocycles. The van der Waals surface area contributed by atoms with Crippen molar-refractivity contribution in [2.45, 2.75) is 6.92 Å². The van der Waals surface area contributed by atoms with Crippen LogP contribution >= 0.6 is 15.9 Å². The lowest BCUT2D eigenvalue weighted by molar-refractivity contribution is 0.0585. The molecule has 1 heterocycles. The van der Waals surface area contributed by atoms with Crippen LogP contribution in [0.2, 0.25) is 0 Å². The quantitative estimate of drug-likeness (QED) is 0.802. The number of aromatic nitrogens is 2. The molecule has 0 aliphatic carbocycles. The van der Waals surface area contributed by atoms with E-state index >= 15 is 0 Å². The van der Waals surface area contributed by atoms with E-state index in [1.165, 1.54) is 25.3 Å². The van der Waals surface area contributed by atoms with Gasteiger partial charge >= 0.3 is 5.97 Å². The van der Waals surface area contributed by atoms with Crippen molar-refractivity contribution >= 4 is 21.9 Å². The molecule has 20 heavy (non-hydrogen) atoms. The molecule has 0 fully saturated rings. The van der Waals surface area contributed by atoms with E-state index in [4.69, 9.17) is 4.74 Å². The molecule has 0 bridgehead atoms. The summed E-state index contributed by atoms with van der Waals surface area (Å²) in [6.07, 6.45) is 0. The van der Waals surface area contributed by atoms with Crippen LogP contribution in [0, 0.1) is 12.7 Å². The van der Waals surface area contributed by atoms with Crippen molar-refractivity contribution in [1.82, 2.24) is 9.97 Å². The molecule has 0 saturated carbocycles. The van der Waals surface area contributed by atoms with Gasteiger partial charge in [0.2, 0.25) is 11.7 Å². The molecule has 0 unspecified atom stereocenters. The number of benzene rings is 1. The van der Waals surface area contributed by atoms with Crippen molar-refractivity contribution in [3.63, 3.8) is 0 Å². The van der Waals surface area contributed by atoms with Crippen LogP contribution in [0.5, 0.6) is 11.6 Å². The Morgan fingerprint density at radius 1 is 1.30 bits per heavy atom. The van der Waals surface area contributed by atoms with Gasteiger partial charge in [0.15, 0.2) is 0 Å². The SMILES string of the molecule is COC(=O)c1nc(C)cc(Oc2ccc(Br)c(F)c2)n1. The summed E-state index contributed by atoms with van der Waals surface area (Å²) >= 11 is 3.05. The van der Waals surface area contributed by atoms with Gasteiger partial charge in [0, 0.05) is 17.8 Å². The molecule has 0 N–H and O–H groups in total. The standard InChI is InChI=1S/C13H10BrFN2O3/c1-7-5-11(17-12(16-7)13(18)19-2)20-8-3-4-9(14)10(15)6-8/h3-6H,1-2H3. The van der Waals surface area contributed by atoms with Gasteiger partial charge in [-0.1, -0.05) is 0 Å². The molecule has 0 aliphatic heterocycles. The first-order chi connectivity index (χ1) is 9.49. The number of halogens is 2. The molecule has 2 rings (SSSR count). The van der Waals surface area contributed by atoms with Crippen molar-refractivity contribution in [2.75, 3.05) is 7.11 Å². The molecule has 7 heteroatoms. The molecular weight excluding hydrogens is 331 g/mol. The molecule has 5 nitrogen and oxygen atoms in total. The molecule has 2 aromatic rings. The van der Waals surface area contributed by atoms with Crippen LogP contribution in [0.15, 0.2) is 28.7 Å². The largest absolute Gasteiger partial charge is 0.463 e. The third-order valence-electron chi connectivity index (χ3n) is 2.31. The Morgan fingerprint density at radius 3 is 2.70 bits per heavy atom. The second-order valence-electron chi connectivity index (χ2n) is 3.84. The van der Waals surface area contributed by atoms with Crippen LogP contribution < -0.4 is 4.74 Å². The lowest BCUT2D eigenvalue weighted by atomic mass is 10.3. The van der Waals surface area contributed by atoms with Crippen molar-refractivity contribution < 1.29 is 18.7 Å². The summed E-state index contributed by atoms with van der Waals surface area (Å²) in [7, 11) is 1.23. The number of aryl methyl sites for hydroxylation is 1. The normalized spacial score (nSPS) is 10.2. The summed E-state index contributed by atoms with van der Waals surface area (Å²) in [4.78, 5) is 19.2. The Kier molecular flexibility index (Phi) is 4.29. The Labute approximate surface area is 122 Å². The van der Waals surface area contributed by atoms with Gasteiger partial charge in [0.25, 0.3) is 0 Å². The first kappa shape index (κ1) is 14.4. The summed E-state index contributed by atoms with van der Waals surface area (Å²) in [5, 5.41) is 0. The highest BCUT2D eigenvalue weighted by Gasteiger charge is 2.13. The number of hydrogen-bond acceptors (Lipinski definition) is 5. The lowest BCUT2D eigenvalue weighted by Gasteiger charge is -2.07. The third-order valence-corrected chi connectivity index (χ3v) is 2.96. The van der Waals surface area contributed by atoms with Crippen LogP contribution in [0.1, 0.15) is 16.3 Å². The smallest absolute Gasteiger partial charge is 0.376 e. The van der Waals surface area contributed by atoms with E-state index in [-0.39, 0.29) is 17.5 Å². The predicted octanol–water partition coefficient (Wildman–Crippen LogP) is 3.27. The molecule has 0 spiro atoms. The highest BCUT2D eigenvalue weighted by molar-refractivity contribution is 9.10. The fourth-order valence-electron chi connectivity index (χ4n) is 1.44. The maximum Gasteiger partial charge on any atom is 0.376 e. The number of nitrogens with zero attached hydrogens (tertiary/aromatic N) is 2. The van der Waals surface area contributed by atoms with E-state index in [9.17, 15) is 9.18 Å². The monoisotopic (exact) mass is 340 g/mol. The van der Waals surface area contributed by atoms with E-state index in [1.807, 2.05) is 0 Å². The van der Waals surface area contributed by atoms with Crippen LogP contribution in [-0.4, -0.2) is 23.0 Å². The molecule has 1 aromatic carbocycles. The lowest BCUT2D eigenvalue weighted by Crippen LogP contribution is -2.09. The Morgan fingerprint density at radius 2 is 2.05 bits per heavy atom. The van der Waals surface area contributed by atoms with E-state index in [2.05, 4.69) is 30.6 Å². The van der Waals surface area contributed by atoms with E-state index < -0.39 is 11.8 Å². The van der Waals surface area contributed by atoms with E-state index in [1.54, 1.807) is 13.0 Å². The van der Waals surface area contributed by atoms with Gasteiger partial charge in [-0.3, -0.25) is 0 Å². The van der Waals surface area contributed by atoms with Gasteiger partial charge in [-0.25, -0.2) is 14.2 Å². The van der Waals surface area contributed by atoms with Gasteiger partial charge in [-0.2, -0.15) is 4.98 Å². The summed E-state index contributed by atoms with van der Waals surface area (Å²) < 4.78 is 23.7. The molecule has 0 radical (unpaired) electrons. The number of hydrogen-bond donors (Lipinski definition) is 0. The minimum absolute atomic E-state index is 0.111. The average Bonchev–Trinajstić information content (AvgIpc) is 2.41. The van der Waals surface area contributed by atoms with E-state index in [0.717, 1.165) is 0 Å². The van der Waals surface area contributed by atoms with Crippen LogP contribution in [0.4, 0.5) is 4.39 Å². The molecular formula is C13H10BrFN2O3. The van der Waals surface area contributed by atoms with Crippen molar-refractivity contribution in [3.05, 3.63) is 46.1 Å². The van der Waals surface area contributed by atoms with Gasteiger partial charge in [-0.15, -0.1) is 0 Å². The summed E-state index contributed by atoms with van der Waals surface area (Å²) in [5.41, 5.74) is 0.535. The third kappa shape index (κ3) is 3.30. The molecule has 0 aliphatic rings. The predicted molar refractivity (Wildman–Crippen MR) is 72.3 cm³/mol. The van der Waals surface area contributed by atoms with Crippen LogP contribution in [0.3, 0.4) is 0 Å². The maximum atomic E-state index is 13.4. The first-order valence-corrected chi connectivity index (χ1v) is 6.36. The average molecular weight is 341 g/mol. The molecule has 104 valence electrons. The topological polar surface area (TPSA) is 61.3 Å². The Balaban J connectivity index is 2.31. The zero-order valence-corrected chi connectivity index (χ0v) is 12.3. The maximum absolute atomic E-state index is 13.4. The number of ether oxygens (including phenoxy) is 2. The van der Waals surface area contributed by atoms with Crippen molar-refractivity contribution in [2.24, 2.45) is 0 Å². The highest BCUT2D eigenvalue weighted by Crippen LogP contribution is 2.25. The van der Waals surface area contributed by atoms with Gasteiger partial charge in [0.1, 0.15) is 11.6 Å². The molecule has 0 saturated heterocycles. The minimum Gasteiger partial charge on any atom is -0.463 e. The second-order valence-corrected chi connectivity index (χ2v) is 4.70. The summed E-state index contributed by atoms with van der Waals surface area (Å²) in [6, 6.07) is 5.83. The van der Waals surface area contributed by atoms with Gasteiger partial charge in [-0.05, 0) is 35.0 Å². The number of methoxy groups -OCH3 is 1. The van der Waals surface area contributed by atoms with Gasteiger partial charge < -0.3 is 9.47 Å². The Bertz CT molecular complexity index is 664. The summed E-state index contributed by atoms with van der Waals surface area (Å²) in [5.74, 6) is -0.832. The zero-order valence-electron chi connectivity index (χ0n) is 10.7. The second kappa shape index (κ2) is 5.96. The number of carbonyl (C=O) groups excluding carboxylic acids is 1. The number of esters is 1. The van der Waals surface area contributed by atoms with Crippen molar-refractivity contribution in [3.8, 4) is 11.6 Å². The highest BCUT2D eigenvalue weighted by atomic mass is 79.9. The fraction of sp³-hybridized carbons (Fsp3) is 0.154. The molecule has 0 amide bonds. The van der Waals surface area contributed by atoms with E-state index in [0.29, 0.717) is 10.2 Å². The number of carbonyl (C=O) groups is 1. The zero-order chi connectivity index (χ0) is 14.7. The Hall–Kier alpha value is -2.02. The van der Waals surface area contributed by atoms with Crippen molar-refractivity contribution in [1.29, 1.82) is 0 Å². The fourth-order valence-corrected chi connectivity index (χ4v) is 1.68. The van der Waals surface area contributed by atoms with Gasteiger partial charge in [0.05, 0.1) is 11.6 Å². The van der Waals surface area contributed by atoms with Crippen LogP contribution in [0.25, 0.3) is 0 Å². The summed E-state index contributed by atoms with van der Waals surface area (Å²) in [6.45, 7) is 1.68.